The molecule has 0 aliphatic carbocycles. The number of nitrogens with zero attached hydrogens (tertiary/aromatic N) is 3. The van der Waals surface area contributed by atoms with Gasteiger partial charge in [-0.2, -0.15) is 0 Å². The van der Waals surface area contributed by atoms with Gasteiger partial charge in [0.05, 0.1) is 5.52 Å². The smallest absolute Gasteiger partial charge is 0.129 e. The van der Waals surface area contributed by atoms with Crippen molar-refractivity contribution in [3.05, 3.63) is 66.5 Å². The third kappa shape index (κ3) is 2.67. The van der Waals surface area contributed by atoms with E-state index < -0.39 is 0 Å². The number of para-hydroxylation sites is 1. The van der Waals surface area contributed by atoms with Crippen molar-refractivity contribution in [1.29, 1.82) is 0 Å². The molecule has 0 N–H and O–H groups in total. The van der Waals surface area contributed by atoms with Crippen LogP contribution in [0.1, 0.15) is 12.1 Å². The summed E-state index contributed by atoms with van der Waals surface area (Å²) < 4.78 is 0. The molecule has 2 aromatic heterocycles. The topological polar surface area (TPSA) is 29.0 Å². The first-order valence-electron chi connectivity index (χ1n) is 7.89. The van der Waals surface area contributed by atoms with Crippen LogP contribution >= 0.6 is 0 Å². The lowest BCUT2D eigenvalue weighted by Crippen LogP contribution is -2.21. The van der Waals surface area contributed by atoms with Crippen LogP contribution in [0.5, 0.6) is 0 Å². The SMILES string of the molecule is c1ccc(CC2CCN(c3ccc4ccccc4n3)C2)nc1. The molecule has 3 heterocycles. The molecule has 1 aromatic carbocycles. The van der Waals surface area contributed by atoms with Crippen LogP contribution in [-0.2, 0) is 6.42 Å². The van der Waals surface area contributed by atoms with Crippen LogP contribution in [0, 0.1) is 5.92 Å². The van der Waals surface area contributed by atoms with Crippen molar-refractivity contribution in [2.45, 2.75) is 12.8 Å². The fourth-order valence-electron chi connectivity index (χ4n) is 3.25. The first-order chi connectivity index (χ1) is 10.9. The fourth-order valence-corrected chi connectivity index (χ4v) is 3.25. The predicted molar refractivity (Wildman–Crippen MR) is 90.0 cm³/mol. The summed E-state index contributed by atoms with van der Waals surface area (Å²) in [7, 11) is 0. The number of anilines is 1. The standard InChI is InChI=1S/C19H19N3/c1-2-7-18-16(5-1)8-9-19(21-18)22-12-10-15(14-22)13-17-6-3-4-11-20-17/h1-9,11,15H,10,12-14H2. The molecule has 0 amide bonds. The summed E-state index contributed by atoms with van der Waals surface area (Å²) in [5, 5.41) is 1.20. The van der Waals surface area contributed by atoms with E-state index in [-0.39, 0.29) is 0 Å². The zero-order chi connectivity index (χ0) is 14.8. The van der Waals surface area contributed by atoms with Crippen LogP contribution in [-0.4, -0.2) is 23.1 Å². The molecule has 0 saturated carbocycles. The third-order valence-electron chi connectivity index (χ3n) is 4.42. The van der Waals surface area contributed by atoms with E-state index in [9.17, 15) is 0 Å². The molecular formula is C19H19N3. The van der Waals surface area contributed by atoms with E-state index in [1.54, 1.807) is 0 Å². The van der Waals surface area contributed by atoms with Gasteiger partial charge in [0, 0.05) is 30.4 Å². The highest BCUT2D eigenvalue weighted by molar-refractivity contribution is 5.80. The molecule has 110 valence electrons. The van der Waals surface area contributed by atoms with Crippen molar-refractivity contribution in [2.24, 2.45) is 5.92 Å². The summed E-state index contributed by atoms with van der Waals surface area (Å²) >= 11 is 0. The molecule has 3 aromatic rings. The van der Waals surface area contributed by atoms with Crippen molar-refractivity contribution < 1.29 is 0 Å². The van der Waals surface area contributed by atoms with Gasteiger partial charge in [0.1, 0.15) is 5.82 Å². The quantitative estimate of drug-likeness (QED) is 0.736. The maximum absolute atomic E-state index is 4.81. The number of rotatable bonds is 3. The van der Waals surface area contributed by atoms with Crippen LogP contribution in [0.25, 0.3) is 10.9 Å². The van der Waals surface area contributed by atoms with E-state index in [0.29, 0.717) is 5.92 Å². The largest absolute Gasteiger partial charge is 0.356 e. The van der Waals surface area contributed by atoms with Crippen LogP contribution in [0.2, 0.25) is 0 Å². The Labute approximate surface area is 130 Å². The van der Waals surface area contributed by atoms with Crippen molar-refractivity contribution in [2.75, 3.05) is 18.0 Å². The molecule has 1 atom stereocenters. The summed E-state index contributed by atoms with van der Waals surface area (Å²) in [5.41, 5.74) is 2.27. The Bertz CT molecular complexity index is 770. The van der Waals surface area contributed by atoms with E-state index in [2.05, 4.69) is 52.3 Å². The molecule has 3 heteroatoms. The Morgan fingerprint density at radius 1 is 1.00 bits per heavy atom. The Morgan fingerprint density at radius 2 is 1.91 bits per heavy atom. The predicted octanol–water partition coefficient (Wildman–Crippen LogP) is 3.70. The zero-order valence-electron chi connectivity index (χ0n) is 12.5. The summed E-state index contributed by atoms with van der Waals surface area (Å²) in [6.07, 6.45) is 4.16. The minimum atomic E-state index is 0.670. The number of benzene rings is 1. The molecule has 1 saturated heterocycles. The highest BCUT2D eigenvalue weighted by Crippen LogP contribution is 2.26. The van der Waals surface area contributed by atoms with E-state index in [1.165, 1.54) is 17.5 Å². The maximum Gasteiger partial charge on any atom is 0.129 e. The Kier molecular flexibility index (Phi) is 3.47. The molecule has 1 aliphatic heterocycles. The molecule has 0 bridgehead atoms. The average Bonchev–Trinajstić information content (AvgIpc) is 3.04. The second kappa shape index (κ2) is 5.76. The molecule has 1 unspecified atom stereocenters. The van der Waals surface area contributed by atoms with Gasteiger partial charge in [-0.1, -0.05) is 24.3 Å². The molecule has 22 heavy (non-hydrogen) atoms. The molecule has 1 fully saturated rings. The summed E-state index contributed by atoms with van der Waals surface area (Å²) in [5.74, 6) is 1.77. The lowest BCUT2D eigenvalue weighted by atomic mass is 10.0. The second-order valence-electron chi connectivity index (χ2n) is 5.99. The van der Waals surface area contributed by atoms with Gasteiger partial charge in [0.2, 0.25) is 0 Å². The van der Waals surface area contributed by atoms with Gasteiger partial charge >= 0.3 is 0 Å². The molecule has 4 rings (SSSR count). The molecule has 0 spiro atoms. The van der Waals surface area contributed by atoms with Gasteiger partial charge in [0.25, 0.3) is 0 Å². The second-order valence-corrected chi connectivity index (χ2v) is 5.99. The highest BCUT2D eigenvalue weighted by atomic mass is 15.2. The Morgan fingerprint density at radius 3 is 2.82 bits per heavy atom. The van der Waals surface area contributed by atoms with Crippen molar-refractivity contribution in [3.63, 3.8) is 0 Å². The molecule has 3 nitrogen and oxygen atoms in total. The summed E-state index contributed by atoms with van der Waals surface area (Å²) in [6, 6.07) is 18.8. The van der Waals surface area contributed by atoms with E-state index >= 15 is 0 Å². The fraction of sp³-hybridized carbons (Fsp3) is 0.263. The lowest BCUT2D eigenvalue weighted by Gasteiger charge is -2.18. The average molecular weight is 289 g/mol. The van der Waals surface area contributed by atoms with Crippen molar-refractivity contribution in [1.82, 2.24) is 9.97 Å². The maximum atomic E-state index is 4.81. The number of pyridine rings is 2. The number of hydrogen-bond acceptors (Lipinski definition) is 3. The summed E-state index contributed by atoms with van der Waals surface area (Å²) in [4.78, 5) is 11.7. The lowest BCUT2D eigenvalue weighted by molar-refractivity contribution is 0.577. The molecule has 1 aliphatic rings. The Balaban J connectivity index is 1.49. The van der Waals surface area contributed by atoms with Crippen molar-refractivity contribution >= 4 is 16.7 Å². The molecular weight excluding hydrogens is 270 g/mol. The first kappa shape index (κ1) is 13.3. The minimum absolute atomic E-state index is 0.670. The van der Waals surface area contributed by atoms with Gasteiger partial charge in [-0.15, -0.1) is 0 Å². The van der Waals surface area contributed by atoms with E-state index in [4.69, 9.17) is 4.98 Å². The number of aromatic nitrogens is 2. The minimum Gasteiger partial charge on any atom is -0.356 e. The van der Waals surface area contributed by atoms with Crippen LogP contribution in [0.3, 0.4) is 0 Å². The first-order valence-corrected chi connectivity index (χ1v) is 7.89. The van der Waals surface area contributed by atoms with Crippen LogP contribution in [0.15, 0.2) is 60.8 Å². The van der Waals surface area contributed by atoms with Gasteiger partial charge in [-0.3, -0.25) is 4.98 Å². The van der Waals surface area contributed by atoms with Crippen LogP contribution < -0.4 is 4.90 Å². The van der Waals surface area contributed by atoms with Gasteiger partial charge in [-0.05, 0) is 49.1 Å². The monoisotopic (exact) mass is 289 g/mol. The van der Waals surface area contributed by atoms with Gasteiger partial charge < -0.3 is 4.90 Å². The summed E-state index contributed by atoms with van der Waals surface area (Å²) in [6.45, 7) is 2.16. The normalized spacial score (nSPS) is 18.0. The van der Waals surface area contributed by atoms with Crippen LogP contribution in [0.4, 0.5) is 5.82 Å². The van der Waals surface area contributed by atoms with Gasteiger partial charge in [-0.25, -0.2) is 4.98 Å². The third-order valence-corrected chi connectivity index (χ3v) is 4.42. The van der Waals surface area contributed by atoms with E-state index in [1.807, 2.05) is 18.3 Å². The molecule has 0 radical (unpaired) electrons. The van der Waals surface area contributed by atoms with Crippen molar-refractivity contribution in [3.8, 4) is 0 Å². The Hall–Kier alpha value is -2.42. The van der Waals surface area contributed by atoms with E-state index in [0.717, 1.165) is 30.8 Å². The highest BCUT2D eigenvalue weighted by Gasteiger charge is 2.24. The van der Waals surface area contributed by atoms with Gasteiger partial charge in [0.15, 0.2) is 0 Å². The number of fused-ring (bicyclic) bond motifs is 1. The zero-order valence-corrected chi connectivity index (χ0v) is 12.5. The number of hydrogen-bond donors (Lipinski definition) is 0.